The van der Waals surface area contributed by atoms with Crippen LogP contribution >= 0.6 is 11.6 Å². The van der Waals surface area contributed by atoms with Gasteiger partial charge in [0, 0.05) is 6.07 Å². The van der Waals surface area contributed by atoms with Gasteiger partial charge in [-0.25, -0.2) is 4.79 Å². The van der Waals surface area contributed by atoms with Crippen LogP contribution in [0.5, 0.6) is 0 Å². The first kappa shape index (κ1) is 10.6. The normalized spacial score (nSPS) is 12.4. The Bertz CT molecular complexity index is 382. The predicted octanol–water partition coefficient (Wildman–Crippen LogP) is 1.58. The standard InChI is InChI=1S/C8H8ClNO4/c1-4-2-5(10-14-4)7(8(12)13)6(11)3-9/h2,11H,3H2,1H3,(H,12,13)/b7-6+. The van der Waals surface area contributed by atoms with Crippen LogP contribution in [0.15, 0.2) is 16.3 Å². The summed E-state index contributed by atoms with van der Waals surface area (Å²) in [6, 6.07) is 1.41. The maximum Gasteiger partial charge on any atom is 0.341 e. The van der Waals surface area contributed by atoms with E-state index in [4.69, 9.17) is 16.7 Å². The molecule has 0 spiro atoms. The minimum absolute atomic E-state index is 0.0631. The number of allylic oxidation sites excluding steroid dienone is 1. The fraction of sp³-hybridized carbons (Fsp3) is 0.250. The van der Waals surface area contributed by atoms with Gasteiger partial charge in [-0.2, -0.15) is 0 Å². The minimum Gasteiger partial charge on any atom is -0.510 e. The molecule has 0 atom stereocenters. The number of halogens is 1. The van der Waals surface area contributed by atoms with Gasteiger partial charge in [0.2, 0.25) is 0 Å². The Morgan fingerprint density at radius 3 is 2.64 bits per heavy atom. The Hall–Kier alpha value is -1.49. The first-order chi connectivity index (χ1) is 6.56. The number of carboxylic acids is 1. The van der Waals surface area contributed by atoms with Gasteiger partial charge in [-0.1, -0.05) is 5.16 Å². The number of aromatic nitrogens is 1. The van der Waals surface area contributed by atoms with E-state index in [1.165, 1.54) is 6.07 Å². The Morgan fingerprint density at radius 1 is 1.64 bits per heavy atom. The Balaban J connectivity index is 3.20. The highest BCUT2D eigenvalue weighted by molar-refractivity contribution is 6.22. The summed E-state index contributed by atoms with van der Waals surface area (Å²) < 4.78 is 4.69. The van der Waals surface area contributed by atoms with Gasteiger partial charge in [-0.05, 0) is 6.92 Å². The second kappa shape index (κ2) is 4.15. The number of aliphatic carboxylic acids is 1. The monoisotopic (exact) mass is 217 g/mol. The van der Waals surface area contributed by atoms with E-state index in [-0.39, 0.29) is 17.1 Å². The van der Waals surface area contributed by atoms with Crippen LogP contribution < -0.4 is 0 Å². The molecule has 1 aromatic rings. The molecule has 14 heavy (non-hydrogen) atoms. The number of aliphatic hydroxyl groups excluding tert-OH is 1. The van der Waals surface area contributed by atoms with Gasteiger partial charge in [0.1, 0.15) is 22.8 Å². The smallest absolute Gasteiger partial charge is 0.341 e. The minimum atomic E-state index is -1.29. The van der Waals surface area contributed by atoms with Gasteiger partial charge in [0.15, 0.2) is 0 Å². The van der Waals surface area contributed by atoms with Crippen LogP contribution in [0.1, 0.15) is 11.5 Å². The number of aliphatic hydroxyl groups is 1. The summed E-state index contributed by atoms with van der Waals surface area (Å²) in [5.74, 6) is -1.56. The van der Waals surface area contributed by atoms with Crippen molar-refractivity contribution < 1.29 is 19.5 Å². The van der Waals surface area contributed by atoms with Crippen LogP contribution in [-0.4, -0.2) is 27.2 Å². The van der Waals surface area contributed by atoms with Crippen molar-refractivity contribution in [3.63, 3.8) is 0 Å². The molecule has 1 aromatic heterocycles. The number of alkyl halides is 1. The van der Waals surface area contributed by atoms with Crippen molar-refractivity contribution in [1.29, 1.82) is 0 Å². The van der Waals surface area contributed by atoms with E-state index in [0.29, 0.717) is 5.76 Å². The van der Waals surface area contributed by atoms with Crippen LogP contribution in [0.25, 0.3) is 5.57 Å². The average Bonchev–Trinajstić information content (AvgIpc) is 2.51. The summed E-state index contributed by atoms with van der Waals surface area (Å²) in [5.41, 5.74) is -0.273. The lowest BCUT2D eigenvalue weighted by Crippen LogP contribution is -2.04. The van der Waals surface area contributed by atoms with Crippen LogP contribution in [0.4, 0.5) is 0 Å². The molecule has 0 radical (unpaired) electrons. The zero-order valence-electron chi connectivity index (χ0n) is 7.32. The molecule has 0 fully saturated rings. The van der Waals surface area contributed by atoms with Crippen LogP contribution in [0.2, 0.25) is 0 Å². The largest absolute Gasteiger partial charge is 0.510 e. The fourth-order valence-electron chi connectivity index (χ4n) is 0.932. The molecule has 0 aliphatic rings. The zero-order chi connectivity index (χ0) is 10.7. The molecule has 0 aliphatic carbocycles. The number of aryl methyl sites for hydroxylation is 1. The molecule has 76 valence electrons. The Labute approximate surface area is 84.6 Å². The van der Waals surface area contributed by atoms with Crippen molar-refractivity contribution in [2.75, 3.05) is 5.88 Å². The lowest BCUT2D eigenvalue weighted by Gasteiger charge is -1.99. The third-order valence-electron chi connectivity index (χ3n) is 1.51. The van der Waals surface area contributed by atoms with E-state index in [0.717, 1.165) is 0 Å². The first-order valence-electron chi connectivity index (χ1n) is 3.71. The van der Waals surface area contributed by atoms with Crippen molar-refractivity contribution in [2.24, 2.45) is 0 Å². The third-order valence-corrected chi connectivity index (χ3v) is 1.77. The van der Waals surface area contributed by atoms with E-state index in [1.54, 1.807) is 6.92 Å². The van der Waals surface area contributed by atoms with Gasteiger partial charge >= 0.3 is 5.97 Å². The highest BCUT2D eigenvalue weighted by atomic mass is 35.5. The van der Waals surface area contributed by atoms with Crippen molar-refractivity contribution >= 4 is 23.1 Å². The van der Waals surface area contributed by atoms with Gasteiger partial charge in [-0.3, -0.25) is 0 Å². The summed E-state index contributed by atoms with van der Waals surface area (Å²) in [7, 11) is 0. The first-order valence-corrected chi connectivity index (χ1v) is 4.24. The summed E-state index contributed by atoms with van der Waals surface area (Å²) in [5, 5.41) is 21.5. The van der Waals surface area contributed by atoms with Crippen molar-refractivity contribution in [2.45, 2.75) is 6.92 Å². The van der Waals surface area contributed by atoms with Gasteiger partial charge in [-0.15, -0.1) is 11.6 Å². The lowest BCUT2D eigenvalue weighted by atomic mass is 10.1. The molecule has 1 rings (SSSR count). The Kier molecular flexibility index (Phi) is 3.14. The van der Waals surface area contributed by atoms with Gasteiger partial charge in [0.05, 0.1) is 5.88 Å². The number of nitrogens with zero attached hydrogens (tertiary/aromatic N) is 1. The second-order valence-electron chi connectivity index (χ2n) is 2.58. The molecule has 6 heteroatoms. The molecule has 0 unspecified atom stereocenters. The van der Waals surface area contributed by atoms with Crippen LogP contribution in [0, 0.1) is 6.92 Å². The molecule has 1 heterocycles. The predicted molar refractivity (Wildman–Crippen MR) is 49.1 cm³/mol. The molecule has 0 aliphatic heterocycles. The Morgan fingerprint density at radius 2 is 2.29 bits per heavy atom. The molecule has 0 saturated carbocycles. The molecule has 0 amide bonds. The molecule has 0 bridgehead atoms. The van der Waals surface area contributed by atoms with E-state index in [1.807, 2.05) is 0 Å². The maximum atomic E-state index is 10.8. The molecular formula is C8H8ClNO4. The molecule has 2 N–H and O–H groups in total. The van der Waals surface area contributed by atoms with Gasteiger partial charge < -0.3 is 14.7 Å². The molecule has 0 saturated heterocycles. The van der Waals surface area contributed by atoms with Crippen LogP contribution in [0.3, 0.4) is 0 Å². The number of hydrogen-bond acceptors (Lipinski definition) is 4. The molecular weight excluding hydrogens is 210 g/mol. The summed E-state index contributed by atoms with van der Waals surface area (Å²) in [4.78, 5) is 10.8. The zero-order valence-corrected chi connectivity index (χ0v) is 8.08. The number of carbonyl (C=O) groups is 1. The summed E-state index contributed by atoms with van der Waals surface area (Å²) >= 11 is 5.32. The number of rotatable bonds is 3. The highest BCUT2D eigenvalue weighted by Crippen LogP contribution is 2.18. The average molecular weight is 218 g/mol. The van der Waals surface area contributed by atoms with E-state index in [9.17, 15) is 9.90 Å². The van der Waals surface area contributed by atoms with E-state index >= 15 is 0 Å². The lowest BCUT2D eigenvalue weighted by molar-refractivity contribution is -0.130. The number of hydrogen-bond donors (Lipinski definition) is 2. The SMILES string of the molecule is Cc1cc(/C(C(=O)O)=C(\O)CCl)no1. The maximum absolute atomic E-state index is 10.8. The highest BCUT2D eigenvalue weighted by Gasteiger charge is 2.19. The number of carboxylic acid groups (broad SMARTS) is 1. The van der Waals surface area contributed by atoms with Gasteiger partial charge in [0.25, 0.3) is 0 Å². The summed E-state index contributed by atoms with van der Waals surface area (Å²) in [6.45, 7) is 1.62. The van der Waals surface area contributed by atoms with Crippen molar-refractivity contribution in [1.82, 2.24) is 5.16 Å². The van der Waals surface area contributed by atoms with Crippen LogP contribution in [-0.2, 0) is 4.79 Å². The van der Waals surface area contributed by atoms with E-state index in [2.05, 4.69) is 9.68 Å². The third kappa shape index (κ3) is 2.05. The fourth-order valence-corrected chi connectivity index (χ4v) is 1.07. The van der Waals surface area contributed by atoms with E-state index < -0.39 is 11.7 Å². The molecule has 5 nitrogen and oxygen atoms in total. The summed E-state index contributed by atoms with van der Waals surface area (Å²) in [6.07, 6.45) is 0. The molecule has 0 aromatic carbocycles. The van der Waals surface area contributed by atoms with Crippen molar-refractivity contribution in [3.8, 4) is 0 Å². The second-order valence-corrected chi connectivity index (χ2v) is 2.85. The van der Waals surface area contributed by atoms with Crippen molar-refractivity contribution in [3.05, 3.63) is 23.3 Å². The quantitative estimate of drug-likeness (QED) is 0.456. The topological polar surface area (TPSA) is 83.6 Å².